The molecule has 0 aromatic rings. The van der Waals surface area contributed by atoms with Crippen molar-refractivity contribution >= 4 is 0 Å². The maximum atomic E-state index is 10.0. The van der Waals surface area contributed by atoms with Crippen LogP contribution in [0.1, 0.15) is 0 Å². The Hall–Kier alpha value is -0.160. The smallest absolute Gasteiger partial charge is 0.106 e. The first-order valence-electron chi connectivity index (χ1n) is 4.52. The molecular weight excluding hydrogens is 156 g/mol. The Balaban J connectivity index is 1.91. The highest BCUT2D eigenvalue weighted by molar-refractivity contribution is 4.66. The molecule has 4 heteroatoms. The van der Waals surface area contributed by atoms with E-state index in [2.05, 4.69) is 10.2 Å². The van der Waals surface area contributed by atoms with Gasteiger partial charge >= 0.3 is 0 Å². The van der Waals surface area contributed by atoms with Gasteiger partial charge in [0.25, 0.3) is 0 Å². The second kappa shape index (κ2) is 6.37. The molecule has 1 N–H and O–H groups in total. The van der Waals surface area contributed by atoms with E-state index in [0.717, 1.165) is 32.7 Å². The topological polar surface area (TPSA) is 44.4 Å². The van der Waals surface area contributed by atoms with Crippen LogP contribution in [0.15, 0.2) is 0 Å². The van der Waals surface area contributed by atoms with E-state index in [1.165, 1.54) is 0 Å². The summed E-state index contributed by atoms with van der Waals surface area (Å²) >= 11 is 0. The lowest BCUT2D eigenvalue weighted by Crippen LogP contribution is -2.44. The average Bonchev–Trinajstić information content (AvgIpc) is 2.14. The number of nitrogens with zero attached hydrogens (tertiary/aromatic N) is 1. The van der Waals surface area contributed by atoms with Gasteiger partial charge in [-0.1, -0.05) is 0 Å². The highest BCUT2D eigenvalue weighted by Gasteiger charge is 2.07. The molecule has 71 valence electrons. The summed E-state index contributed by atoms with van der Waals surface area (Å²) in [5, 5.41) is 13.3. The number of hydrogen-bond donors (Lipinski definition) is 1. The summed E-state index contributed by atoms with van der Waals surface area (Å²) in [6.45, 7) is 6.22. The zero-order chi connectivity index (χ0) is 8.65. The van der Waals surface area contributed by atoms with Gasteiger partial charge in [0.2, 0.25) is 0 Å². The SMILES string of the molecule is [O]CCOCCN1CCNCC1. The van der Waals surface area contributed by atoms with E-state index < -0.39 is 0 Å². The lowest BCUT2D eigenvalue weighted by molar-refractivity contribution is 0.0496. The van der Waals surface area contributed by atoms with Crippen molar-refractivity contribution in [1.82, 2.24) is 10.2 Å². The second-order valence-electron chi connectivity index (χ2n) is 2.91. The van der Waals surface area contributed by atoms with Crippen molar-refractivity contribution in [2.24, 2.45) is 0 Å². The van der Waals surface area contributed by atoms with Gasteiger partial charge in [0, 0.05) is 32.7 Å². The Labute approximate surface area is 73.5 Å². The monoisotopic (exact) mass is 173 g/mol. The normalized spacial score (nSPS) is 19.8. The van der Waals surface area contributed by atoms with Crippen LogP contribution in [0.3, 0.4) is 0 Å². The van der Waals surface area contributed by atoms with E-state index >= 15 is 0 Å². The van der Waals surface area contributed by atoms with Crippen molar-refractivity contribution in [3.05, 3.63) is 0 Å². The number of hydrogen-bond acceptors (Lipinski definition) is 3. The van der Waals surface area contributed by atoms with Gasteiger partial charge in [0.1, 0.15) is 6.61 Å². The predicted octanol–water partition coefficient (Wildman–Crippen LogP) is -0.661. The molecule has 1 aliphatic rings. The molecule has 1 radical (unpaired) electrons. The van der Waals surface area contributed by atoms with Gasteiger partial charge in [-0.25, -0.2) is 5.11 Å². The number of ether oxygens (including phenoxy) is 1. The largest absolute Gasteiger partial charge is 0.378 e. The van der Waals surface area contributed by atoms with Gasteiger partial charge in [-0.15, -0.1) is 0 Å². The highest BCUT2D eigenvalue weighted by Crippen LogP contribution is 1.91. The van der Waals surface area contributed by atoms with Crippen molar-refractivity contribution in [2.75, 3.05) is 52.5 Å². The van der Waals surface area contributed by atoms with Crippen molar-refractivity contribution in [3.63, 3.8) is 0 Å². The molecule has 12 heavy (non-hydrogen) atoms. The van der Waals surface area contributed by atoms with E-state index in [-0.39, 0.29) is 6.61 Å². The molecule has 1 aliphatic heterocycles. The van der Waals surface area contributed by atoms with Crippen LogP contribution in [-0.4, -0.2) is 57.4 Å². The Bertz CT molecular complexity index is 105. The molecule has 1 fully saturated rings. The molecule has 0 aromatic carbocycles. The lowest BCUT2D eigenvalue weighted by Gasteiger charge is -2.26. The number of rotatable bonds is 5. The third kappa shape index (κ3) is 4.01. The van der Waals surface area contributed by atoms with E-state index in [9.17, 15) is 5.11 Å². The molecule has 0 saturated carbocycles. The third-order valence-corrected chi connectivity index (χ3v) is 1.99. The summed E-state index contributed by atoms with van der Waals surface area (Å²) in [5.74, 6) is 0. The molecule has 0 unspecified atom stereocenters. The average molecular weight is 173 g/mol. The fraction of sp³-hybridized carbons (Fsp3) is 1.00. The van der Waals surface area contributed by atoms with Crippen LogP contribution in [0.2, 0.25) is 0 Å². The van der Waals surface area contributed by atoms with Gasteiger partial charge in [-0.2, -0.15) is 0 Å². The van der Waals surface area contributed by atoms with Gasteiger partial charge < -0.3 is 10.1 Å². The fourth-order valence-corrected chi connectivity index (χ4v) is 1.29. The lowest BCUT2D eigenvalue weighted by atomic mass is 10.4. The Kier molecular flexibility index (Phi) is 5.27. The van der Waals surface area contributed by atoms with Gasteiger partial charge in [0.05, 0.1) is 13.2 Å². The minimum atomic E-state index is -0.123. The van der Waals surface area contributed by atoms with E-state index in [1.54, 1.807) is 0 Å². The molecule has 0 amide bonds. The van der Waals surface area contributed by atoms with Crippen LogP contribution >= 0.6 is 0 Å². The van der Waals surface area contributed by atoms with E-state index in [1.807, 2.05) is 0 Å². The van der Waals surface area contributed by atoms with Crippen LogP contribution < -0.4 is 5.32 Å². The molecule has 0 atom stereocenters. The second-order valence-corrected chi connectivity index (χ2v) is 2.91. The standard InChI is InChI=1S/C8H17N2O2/c11-6-8-12-7-5-10-3-1-9-2-4-10/h9H,1-8H2. The first-order chi connectivity index (χ1) is 5.93. The Morgan fingerprint density at radius 1 is 1.25 bits per heavy atom. The quantitative estimate of drug-likeness (QED) is 0.561. The van der Waals surface area contributed by atoms with Crippen molar-refractivity contribution in [2.45, 2.75) is 0 Å². The van der Waals surface area contributed by atoms with Gasteiger partial charge in [0.15, 0.2) is 0 Å². The van der Waals surface area contributed by atoms with Crippen LogP contribution in [-0.2, 0) is 9.84 Å². The summed E-state index contributed by atoms with van der Waals surface area (Å²) < 4.78 is 5.11. The zero-order valence-corrected chi connectivity index (χ0v) is 7.42. The summed E-state index contributed by atoms with van der Waals surface area (Å²) in [6, 6.07) is 0. The molecular formula is C8H17N2O2. The van der Waals surface area contributed by atoms with Crippen LogP contribution in [0.4, 0.5) is 0 Å². The summed E-state index contributed by atoms with van der Waals surface area (Å²) in [7, 11) is 0. The zero-order valence-electron chi connectivity index (χ0n) is 7.42. The van der Waals surface area contributed by atoms with Crippen LogP contribution in [0.25, 0.3) is 0 Å². The van der Waals surface area contributed by atoms with E-state index in [0.29, 0.717) is 13.2 Å². The third-order valence-electron chi connectivity index (χ3n) is 1.99. The first-order valence-corrected chi connectivity index (χ1v) is 4.52. The Morgan fingerprint density at radius 2 is 2.00 bits per heavy atom. The molecule has 1 rings (SSSR count). The minimum Gasteiger partial charge on any atom is -0.378 e. The van der Waals surface area contributed by atoms with Crippen LogP contribution in [0, 0.1) is 0 Å². The molecule has 0 aromatic heterocycles. The maximum Gasteiger partial charge on any atom is 0.106 e. The first kappa shape index (κ1) is 9.92. The fourth-order valence-electron chi connectivity index (χ4n) is 1.29. The Morgan fingerprint density at radius 3 is 2.67 bits per heavy atom. The maximum absolute atomic E-state index is 10.0. The molecule has 0 aliphatic carbocycles. The molecule has 1 saturated heterocycles. The summed E-state index contributed by atoms with van der Waals surface area (Å²) in [4.78, 5) is 2.35. The van der Waals surface area contributed by atoms with Crippen molar-refractivity contribution in [1.29, 1.82) is 0 Å². The molecule has 0 bridgehead atoms. The molecule has 0 spiro atoms. The van der Waals surface area contributed by atoms with Crippen molar-refractivity contribution in [3.8, 4) is 0 Å². The summed E-state index contributed by atoms with van der Waals surface area (Å²) in [6.07, 6.45) is 0. The number of nitrogens with one attached hydrogen (secondary N) is 1. The molecule has 4 nitrogen and oxygen atoms in total. The van der Waals surface area contributed by atoms with Crippen molar-refractivity contribution < 1.29 is 9.84 Å². The summed E-state index contributed by atoms with van der Waals surface area (Å²) in [5.41, 5.74) is 0. The predicted molar refractivity (Wildman–Crippen MR) is 45.7 cm³/mol. The highest BCUT2D eigenvalue weighted by atomic mass is 16.5. The number of piperazine rings is 1. The van der Waals surface area contributed by atoms with Gasteiger partial charge in [-0.05, 0) is 0 Å². The molecule has 1 heterocycles. The van der Waals surface area contributed by atoms with Gasteiger partial charge in [-0.3, -0.25) is 4.90 Å². The van der Waals surface area contributed by atoms with E-state index in [4.69, 9.17) is 4.74 Å². The minimum absolute atomic E-state index is 0.123. The van der Waals surface area contributed by atoms with Crippen LogP contribution in [0.5, 0.6) is 0 Å².